The molecule has 1 fully saturated rings. The molecule has 3 heteroatoms. The lowest BCUT2D eigenvalue weighted by Crippen LogP contribution is -2.40. The van der Waals surface area contributed by atoms with E-state index in [4.69, 9.17) is 4.74 Å². The van der Waals surface area contributed by atoms with Crippen molar-refractivity contribution in [3.8, 4) is 0 Å². The minimum atomic E-state index is -0.119. The third kappa shape index (κ3) is 3.11. The van der Waals surface area contributed by atoms with E-state index in [1.165, 1.54) is 6.42 Å². The Labute approximate surface area is 93.6 Å². The highest BCUT2D eigenvalue weighted by Crippen LogP contribution is 2.32. The zero-order valence-corrected chi connectivity index (χ0v) is 10.3. The van der Waals surface area contributed by atoms with Crippen molar-refractivity contribution < 1.29 is 9.53 Å². The van der Waals surface area contributed by atoms with Crippen LogP contribution in [-0.2, 0) is 9.53 Å². The maximum Gasteiger partial charge on any atom is 0.306 e. The molecule has 76 valence electrons. The number of esters is 1. The van der Waals surface area contributed by atoms with Crippen molar-refractivity contribution in [2.24, 2.45) is 0 Å². The molecule has 0 bridgehead atoms. The summed E-state index contributed by atoms with van der Waals surface area (Å²) in [5.41, 5.74) is -0.119. The van der Waals surface area contributed by atoms with Crippen molar-refractivity contribution in [3.63, 3.8) is 0 Å². The minimum absolute atomic E-state index is 0.000908. The van der Waals surface area contributed by atoms with E-state index in [2.05, 4.69) is 29.5 Å². The van der Waals surface area contributed by atoms with Crippen molar-refractivity contribution in [1.82, 2.24) is 0 Å². The van der Waals surface area contributed by atoms with Crippen LogP contribution >= 0.6 is 22.6 Å². The van der Waals surface area contributed by atoms with E-state index in [-0.39, 0.29) is 11.6 Å². The molecule has 0 radical (unpaired) electrons. The Bertz CT molecular complexity index is 182. The molecule has 13 heavy (non-hydrogen) atoms. The van der Waals surface area contributed by atoms with E-state index in [1.54, 1.807) is 0 Å². The van der Waals surface area contributed by atoms with Gasteiger partial charge in [0.15, 0.2) is 0 Å². The lowest BCUT2D eigenvalue weighted by Gasteiger charge is -2.35. The lowest BCUT2D eigenvalue weighted by molar-refractivity contribution is -0.164. The third-order valence-electron chi connectivity index (χ3n) is 2.57. The number of rotatable bonds is 4. The van der Waals surface area contributed by atoms with Gasteiger partial charge in [0.1, 0.15) is 5.60 Å². The Kier molecular flexibility index (Phi) is 4.49. The highest BCUT2D eigenvalue weighted by molar-refractivity contribution is 14.1. The summed E-state index contributed by atoms with van der Waals surface area (Å²) in [4.78, 5) is 11.2. The topological polar surface area (TPSA) is 26.3 Å². The first-order valence-corrected chi connectivity index (χ1v) is 6.53. The summed E-state index contributed by atoms with van der Waals surface area (Å²) in [6, 6.07) is 0. The fourth-order valence-electron chi connectivity index (χ4n) is 1.73. The molecule has 0 aliphatic carbocycles. The number of ether oxygens (including phenoxy) is 1. The van der Waals surface area contributed by atoms with E-state index >= 15 is 0 Å². The van der Waals surface area contributed by atoms with Gasteiger partial charge in [-0.2, -0.15) is 0 Å². The maximum atomic E-state index is 11.2. The van der Waals surface area contributed by atoms with Gasteiger partial charge in [0.2, 0.25) is 0 Å². The molecule has 0 saturated carbocycles. The van der Waals surface area contributed by atoms with Crippen LogP contribution in [0.2, 0.25) is 0 Å². The first-order chi connectivity index (χ1) is 6.22. The summed E-state index contributed by atoms with van der Waals surface area (Å²) in [5.74, 6) is -0.000908. The zero-order chi connectivity index (χ0) is 9.73. The van der Waals surface area contributed by atoms with Crippen LogP contribution in [0.15, 0.2) is 0 Å². The number of carbonyl (C=O) groups excluding carboxylic acids is 1. The number of halogens is 1. The quantitative estimate of drug-likeness (QED) is 0.453. The van der Waals surface area contributed by atoms with Gasteiger partial charge in [-0.1, -0.05) is 35.9 Å². The predicted octanol–water partition coefficient (Wildman–Crippen LogP) is 3.08. The van der Waals surface area contributed by atoms with Gasteiger partial charge in [0.25, 0.3) is 0 Å². The monoisotopic (exact) mass is 296 g/mol. The molecule has 0 aromatic heterocycles. The molecular weight excluding hydrogens is 279 g/mol. The average molecular weight is 296 g/mol. The van der Waals surface area contributed by atoms with Crippen molar-refractivity contribution in [2.75, 3.05) is 4.43 Å². The molecule has 2 nitrogen and oxygen atoms in total. The standard InChI is InChI=1S/C10H17IO2/c1-2-3-6-10(8-11)7-4-5-9(12)13-10/h2-8H2,1H3/t10-/m0/s1. The summed E-state index contributed by atoms with van der Waals surface area (Å²) < 4.78 is 6.42. The van der Waals surface area contributed by atoms with Crippen molar-refractivity contribution in [3.05, 3.63) is 0 Å². The van der Waals surface area contributed by atoms with Gasteiger partial charge >= 0.3 is 5.97 Å². The molecule has 0 aromatic carbocycles. The highest BCUT2D eigenvalue weighted by atomic mass is 127. The van der Waals surface area contributed by atoms with Gasteiger partial charge in [-0.25, -0.2) is 0 Å². The van der Waals surface area contributed by atoms with E-state index in [0.29, 0.717) is 6.42 Å². The van der Waals surface area contributed by atoms with Crippen LogP contribution in [-0.4, -0.2) is 16.0 Å². The molecule has 0 amide bonds. The fourth-order valence-corrected chi connectivity index (χ4v) is 2.65. The minimum Gasteiger partial charge on any atom is -0.458 e. The van der Waals surface area contributed by atoms with Crippen LogP contribution in [0.4, 0.5) is 0 Å². The van der Waals surface area contributed by atoms with Crippen LogP contribution in [0.5, 0.6) is 0 Å². The molecule has 1 rings (SSSR count). The number of cyclic esters (lactones) is 1. The molecule has 1 heterocycles. The van der Waals surface area contributed by atoms with Gasteiger partial charge in [0.05, 0.1) is 0 Å². The average Bonchev–Trinajstić information content (AvgIpc) is 2.15. The molecule has 1 aliphatic rings. The second-order valence-corrected chi connectivity index (χ2v) is 4.51. The Morgan fingerprint density at radius 2 is 2.38 bits per heavy atom. The molecule has 0 unspecified atom stereocenters. The molecule has 0 aromatic rings. The highest BCUT2D eigenvalue weighted by Gasteiger charge is 2.35. The molecule has 1 atom stereocenters. The van der Waals surface area contributed by atoms with Crippen molar-refractivity contribution in [1.29, 1.82) is 0 Å². The zero-order valence-electron chi connectivity index (χ0n) is 8.14. The van der Waals surface area contributed by atoms with Crippen LogP contribution in [0, 0.1) is 0 Å². The molecule has 0 spiro atoms. The van der Waals surface area contributed by atoms with Gasteiger partial charge in [-0.05, 0) is 25.7 Å². The number of hydrogen-bond donors (Lipinski definition) is 0. The van der Waals surface area contributed by atoms with Crippen LogP contribution in [0.1, 0.15) is 45.4 Å². The summed E-state index contributed by atoms with van der Waals surface area (Å²) in [6.45, 7) is 2.17. The lowest BCUT2D eigenvalue weighted by atomic mass is 9.90. The molecule has 1 aliphatic heterocycles. The number of unbranched alkanes of at least 4 members (excludes halogenated alkanes) is 1. The SMILES string of the molecule is CCCC[C@@]1(CI)CCCC(=O)O1. The smallest absolute Gasteiger partial charge is 0.306 e. The van der Waals surface area contributed by atoms with E-state index < -0.39 is 0 Å². The first-order valence-electron chi connectivity index (χ1n) is 5.00. The Hall–Kier alpha value is 0.200. The fraction of sp³-hybridized carbons (Fsp3) is 0.900. The summed E-state index contributed by atoms with van der Waals surface area (Å²) in [7, 11) is 0. The Balaban J connectivity index is 2.51. The number of carbonyl (C=O) groups is 1. The normalized spacial score (nSPS) is 28.6. The van der Waals surface area contributed by atoms with Gasteiger partial charge in [-0.3, -0.25) is 4.79 Å². The predicted molar refractivity (Wildman–Crippen MR) is 61.1 cm³/mol. The van der Waals surface area contributed by atoms with Gasteiger partial charge < -0.3 is 4.74 Å². The summed E-state index contributed by atoms with van der Waals surface area (Å²) in [6.07, 6.45) is 6.06. The van der Waals surface area contributed by atoms with E-state index in [0.717, 1.165) is 30.1 Å². The van der Waals surface area contributed by atoms with Crippen LogP contribution in [0.25, 0.3) is 0 Å². The number of hydrogen-bond acceptors (Lipinski definition) is 2. The maximum absolute atomic E-state index is 11.2. The second kappa shape index (κ2) is 5.17. The first kappa shape index (κ1) is 11.3. The molecule has 0 N–H and O–H groups in total. The number of alkyl halides is 1. The summed E-state index contributed by atoms with van der Waals surface area (Å²) >= 11 is 2.33. The van der Waals surface area contributed by atoms with Gasteiger partial charge in [0, 0.05) is 10.8 Å². The van der Waals surface area contributed by atoms with Crippen LogP contribution in [0.3, 0.4) is 0 Å². The van der Waals surface area contributed by atoms with Gasteiger partial charge in [-0.15, -0.1) is 0 Å². The van der Waals surface area contributed by atoms with Crippen molar-refractivity contribution >= 4 is 28.6 Å². The summed E-state index contributed by atoms with van der Waals surface area (Å²) in [5, 5.41) is 0. The van der Waals surface area contributed by atoms with E-state index in [1.807, 2.05) is 0 Å². The largest absolute Gasteiger partial charge is 0.458 e. The second-order valence-electron chi connectivity index (χ2n) is 3.75. The van der Waals surface area contributed by atoms with Crippen LogP contribution < -0.4 is 0 Å². The third-order valence-corrected chi connectivity index (χ3v) is 3.96. The Morgan fingerprint density at radius 3 is 2.92 bits per heavy atom. The Morgan fingerprint density at radius 1 is 1.62 bits per heavy atom. The molecule has 1 saturated heterocycles. The molecular formula is C10H17IO2. The van der Waals surface area contributed by atoms with Crippen molar-refractivity contribution in [2.45, 2.75) is 51.0 Å². The van der Waals surface area contributed by atoms with E-state index in [9.17, 15) is 4.79 Å².